The van der Waals surface area contributed by atoms with Crippen molar-refractivity contribution in [3.05, 3.63) is 58.6 Å². The Morgan fingerprint density at radius 1 is 1.42 bits per heavy atom. The number of rotatable bonds is 2. The third kappa shape index (κ3) is 2.02. The predicted octanol–water partition coefficient (Wildman–Crippen LogP) is 2.33. The number of halogens is 2. The second-order valence-corrected chi connectivity index (χ2v) is 4.54. The number of nitrogens with zero attached hydrogens (tertiary/aromatic N) is 2. The first kappa shape index (κ1) is 11.9. The van der Waals surface area contributed by atoms with Crippen LogP contribution in [0.1, 0.15) is 17.3 Å². The predicted molar refractivity (Wildman–Crippen MR) is 69.7 cm³/mol. The number of aldehydes is 1. The van der Waals surface area contributed by atoms with Gasteiger partial charge in [-0.15, -0.1) is 5.10 Å². The minimum atomic E-state index is -0.555. The van der Waals surface area contributed by atoms with E-state index in [1.54, 1.807) is 23.0 Å². The van der Waals surface area contributed by atoms with E-state index in [0.717, 1.165) is 6.29 Å². The van der Waals surface area contributed by atoms with Gasteiger partial charge in [-0.05, 0) is 30.3 Å². The molecule has 3 rings (SSSR count). The summed E-state index contributed by atoms with van der Waals surface area (Å²) in [4.78, 5) is 11.1. The highest BCUT2D eigenvalue weighted by molar-refractivity contribution is 6.31. The first-order valence-electron chi connectivity index (χ1n) is 5.62. The molecule has 0 fully saturated rings. The van der Waals surface area contributed by atoms with Crippen molar-refractivity contribution in [3.63, 3.8) is 0 Å². The summed E-state index contributed by atoms with van der Waals surface area (Å²) in [6.07, 6.45) is 2.46. The standard InChI is InChI=1S/C13H9ClFN3O/c14-8-3-4-10(15)9(6-8)13-16-11(7-19)12-2-1-5-18(12)17-13/h1-7,11H,(H,16,17). The molecule has 4 nitrogen and oxygen atoms in total. The zero-order valence-corrected chi connectivity index (χ0v) is 10.4. The van der Waals surface area contributed by atoms with Gasteiger partial charge in [-0.1, -0.05) is 11.6 Å². The van der Waals surface area contributed by atoms with Crippen LogP contribution in [0.15, 0.2) is 41.6 Å². The highest BCUT2D eigenvalue weighted by atomic mass is 35.5. The summed E-state index contributed by atoms with van der Waals surface area (Å²) in [6.45, 7) is 0. The normalized spacial score (nSPS) is 17.4. The maximum atomic E-state index is 13.8. The van der Waals surface area contributed by atoms with E-state index in [0.29, 0.717) is 10.7 Å². The Labute approximate surface area is 113 Å². The minimum Gasteiger partial charge on any atom is -0.353 e. The number of aromatic nitrogens is 1. The van der Waals surface area contributed by atoms with Crippen molar-refractivity contribution in [2.75, 3.05) is 0 Å². The molecule has 96 valence electrons. The van der Waals surface area contributed by atoms with Crippen molar-refractivity contribution in [2.45, 2.75) is 6.04 Å². The first-order valence-corrected chi connectivity index (χ1v) is 6.00. The quantitative estimate of drug-likeness (QED) is 0.857. The molecule has 1 atom stereocenters. The molecule has 1 unspecified atom stereocenters. The van der Waals surface area contributed by atoms with Gasteiger partial charge in [-0.3, -0.25) is 0 Å². The number of hydrogen-bond acceptors (Lipinski definition) is 3. The number of carbonyl (C=O) groups excluding carboxylic acids is 1. The lowest BCUT2D eigenvalue weighted by atomic mass is 10.1. The van der Waals surface area contributed by atoms with Crippen LogP contribution in [0, 0.1) is 5.82 Å². The van der Waals surface area contributed by atoms with Crippen LogP contribution in [-0.2, 0) is 4.79 Å². The Morgan fingerprint density at radius 2 is 2.26 bits per heavy atom. The van der Waals surface area contributed by atoms with Crippen molar-refractivity contribution in [2.24, 2.45) is 5.10 Å². The summed E-state index contributed by atoms with van der Waals surface area (Å²) >= 11 is 5.86. The smallest absolute Gasteiger partial charge is 0.158 e. The number of amidine groups is 1. The van der Waals surface area contributed by atoms with E-state index in [2.05, 4.69) is 10.4 Å². The second kappa shape index (κ2) is 4.51. The summed E-state index contributed by atoms with van der Waals surface area (Å²) in [6, 6.07) is 7.19. The van der Waals surface area contributed by atoms with Gasteiger partial charge in [-0.2, -0.15) is 0 Å². The molecule has 1 N–H and O–H groups in total. The highest BCUT2D eigenvalue weighted by Gasteiger charge is 2.23. The summed E-state index contributed by atoms with van der Waals surface area (Å²) in [5.74, 6) is -0.170. The average molecular weight is 278 g/mol. The van der Waals surface area contributed by atoms with Crippen LogP contribution in [0.2, 0.25) is 5.02 Å². The molecule has 0 saturated carbocycles. The zero-order chi connectivity index (χ0) is 13.4. The summed E-state index contributed by atoms with van der Waals surface area (Å²) in [7, 11) is 0. The van der Waals surface area contributed by atoms with Gasteiger partial charge < -0.3 is 10.1 Å². The number of carbonyl (C=O) groups is 1. The van der Waals surface area contributed by atoms with E-state index in [4.69, 9.17) is 11.6 Å². The molecule has 1 aliphatic rings. The van der Waals surface area contributed by atoms with Gasteiger partial charge in [-0.25, -0.2) is 9.07 Å². The Kier molecular flexibility index (Phi) is 2.83. The van der Waals surface area contributed by atoms with Crippen LogP contribution >= 0.6 is 11.6 Å². The summed E-state index contributed by atoms with van der Waals surface area (Å²) < 4.78 is 15.4. The molecule has 0 amide bonds. The molecular formula is C13H9ClFN3O. The molecule has 1 aliphatic heterocycles. The fraction of sp³-hybridized carbons (Fsp3) is 0.0769. The van der Waals surface area contributed by atoms with Gasteiger partial charge in [0.2, 0.25) is 0 Å². The van der Waals surface area contributed by atoms with Crippen LogP contribution in [0.4, 0.5) is 4.39 Å². The van der Waals surface area contributed by atoms with Crippen LogP contribution in [-0.4, -0.2) is 16.8 Å². The van der Waals surface area contributed by atoms with Crippen LogP contribution < -0.4 is 5.32 Å². The Bertz CT molecular complexity index is 680. The van der Waals surface area contributed by atoms with E-state index in [-0.39, 0.29) is 11.4 Å². The third-order valence-corrected chi connectivity index (χ3v) is 3.13. The zero-order valence-electron chi connectivity index (χ0n) is 9.68. The van der Waals surface area contributed by atoms with Gasteiger partial charge in [0.1, 0.15) is 18.1 Å². The third-order valence-electron chi connectivity index (χ3n) is 2.90. The van der Waals surface area contributed by atoms with Crippen LogP contribution in [0.25, 0.3) is 0 Å². The number of hydrogen-bond donors (Lipinski definition) is 1. The van der Waals surface area contributed by atoms with Crippen molar-refractivity contribution >= 4 is 23.7 Å². The van der Waals surface area contributed by atoms with Crippen molar-refractivity contribution in [1.82, 2.24) is 9.99 Å². The molecular weight excluding hydrogens is 269 g/mol. The van der Waals surface area contributed by atoms with Crippen molar-refractivity contribution < 1.29 is 9.18 Å². The largest absolute Gasteiger partial charge is 0.353 e. The molecule has 2 heterocycles. The molecule has 19 heavy (non-hydrogen) atoms. The Balaban J connectivity index is 2.12. The SMILES string of the molecule is O=CC1NC(c2cc(Cl)ccc2F)=Nn2cccc21. The maximum Gasteiger partial charge on any atom is 0.158 e. The molecule has 0 radical (unpaired) electrons. The molecule has 0 bridgehead atoms. The highest BCUT2D eigenvalue weighted by Crippen LogP contribution is 2.21. The molecule has 2 aromatic rings. The van der Waals surface area contributed by atoms with Crippen LogP contribution in [0.5, 0.6) is 0 Å². The fourth-order valence-electron chi connectivity index (χ4n) is 1.99. The Hall–Kier alpha value is -2.14. The summed E-state index contributed by atoms with van der Waals surface area (Å²) in [5.41, 5.74) is 0.944. The van der Waals surface area contributed by atoms with Crippen molar-refractivity contribution in [1.29, 1.82) is 0 Å². The lowest BCUT2D eigenvalue weighted by Crippen LogP contribution is -2.36. The number of benzene rings is 1. The molecule has 0 aliphatic carbocycles. The Morgan fingerprint density at radius 3 is 3.05 bits per heavy atom. The molecule has 1 aromatic heterocycles. The van der Waals surface area contributed by atoms with E-state index in [1.165, 1.54) is 18.2 Å². The second-order valence-electron chi connectivity index (χ2n) is 4.11. The monoisotopic (exact) mass is 277 g/mol. The molecule has 6 heteroatoms. The van der Waals surface area contributed by atoms with Crippen LogP contribution in [0.3, 0.4) is 0 Å². The van der Waals surface area contributed by atoms with Gasteiger partial charge in [0.25, 0.3) is 0 Å². The first-order chi connectivity index (χ1) is 9.19. The van der Waals surface area contributed by atoms with E-state index < -0.39 is 11.9 Å². The molecule has 0 saturated heterocycles. The maximum absolute atomic E-state index is 13.8. The lowest BCUT2D eigenvalue weighted by molar-refractivity contribution is -0.109. The summed E-state index contributed by atoms with van der Waals surface area (Å²) in [5, 5.41) is 7.54. The van der Waals surface area contributed by atoms with Gasteiger partial charge in [0.05, 0.1) is 11.3 Å². The fourth-order valence-corrected chi connectivity index (χ4v) is 2.17. The molecule has 1 aromatic carbocycles. The van der Waals surface area contributed by atoms with Gasteiger partial charge in [0, 0.05) is 11.2 Å². The van der Waals surface area contributed by atoms with Crippen molar-refractivity contribution in [3.8, 4) is 0 Å². The topological polar surface area (TPSA) is 46.4 Å². The van der Waals surface area contributed by atoms with Gasteiger partial charge in [0.15, 0.2) is 5.84 Å². The van der Waals surface area contributed by atoms with E-state index >= 15 is 0 Å². The minimum absolute atomic E-state index is 0.235. The van der Waals surface area contributed by atoms with E-state index in [1.807, 2.05) is 0 Å². The number of fused-ring (bicyclic) bond motifs is 1. The van der Waals surface area contributed by atoms with Gasteiger partial charge >= 0.3 is 0 Å². The number of nitrogens with one attached hydrogen (secondary N) is 1. The van der Waals surface area contributed by atoms with E-state index in [9.17, 15) is 9.18 Å². The average Bonchev–Trinajstić information content (AvgIpc) is 2.88. The molecule has 0 spiro atoms. The lowest BCUT2D eigenvalue weighted by Gasteiger charge is -2.22.